The third-order valence-corrected chi connectivity index (χ3v) is 6.96. The fourth-order valence-electron chi connectivity index (χ4n) is 3.54. The van der Waals surface area contributed by atoms with Crippen LogP contribution in [-0.4, -0.2) is 24.7 Å². The molecule has 6 nitrogen and oxygen atoms in total. The van der Waals surface area contributed by atoms with E-state index in [0.717, 1.165) is 20.9 Å². The largest absolute Gasteiger partial charge is 0.484 e. The Balaban J connectivity index is 1.12. The topological polar surface area (TPSA) is 77.0 Å². The number of esters is 1. The van der Waals surface area contributed by atoms with E-state index in [2.05, 4.69) is 10.5 Å². The summed E-state index contributed by atoms with van der Waals surface area (Å²) in [5.41, 5.74) is 3.15. The summed E-state index contributed by atoms with van der Waals surface area (Å²) < 4.78 is 11.9. The first-order valence-electron chi connectivity index (χ1n) is 11.0. The molecule has 0 bridgehead atoms. The number of benzene rings is 4. The SMILES string of the molecule is O=C(COc1ccc2ccccc2c1)NN=Cc1ccc(OC(=O)c2sc3ccccc3c2Cl)cc1. The lowest BCUT2D eigenvalue weighted by atomic mass is 10.1. The molecule has 0 unspecified atom stereocenters. The van der Waals surface area contributed by atoms with Crippen LogP contribution in [0.4, 0.5) is 0 Å². The van der Waals surface area contributed by atoms with Gasteiger partial charge in [-0.25, -0.2) is 10.2 Å². The van der Waals surface area contributed by atoms with Crippen LogP contribution in [0.15, 0.2) is 96.1 Å². The summed E-state index contributed by atoms with van der Waals surface area (Å²) in [6.07, 6.45) is 1.49. The van der Waals surface area contributed by atoms with E-state index < -0.39 is 5.97 Å². The molecule has 0 aliphatic heterocycles. The standard InChI is InChI=1S/C28H19ClN2O4S/c29-26-23-7-3-4-8-24(23)36-27(26)28(33)35-21-12-9-18(10-13-21)16-30-31-25(32)17-34-22-14-11-19-5-1-2-6-20(19)15-22/h1-16H,17H2,(H,31,32). The number of hydrazone groups is 1. The van der Waals surface area contributed by atoms with Crippen molar-refractivity contribution in [2.75, 3.05) is 6.61 Å². The van der Waals surface area contributed by atoms with Gasteiger partial charge >= 0.3 is 5.97 Å². The first-order valence-corrected chi connectivity index (χ1v) is 12.2. The zero-order valence-electron chi connectivity index (χ0n) is 18.8. The summed E-state index contributed by atoms with van der Waals surface area (Å²) in [7, 11) is 0. The van der Waals surface area contributed by atoms with Gasteiger partial charge in [-0.15, -0.1) is 11.3 Å². The number of hydrogen-bond acceptors (Lipinski definition) is 6. The molecule has 0 saturated heterocycles. The Labute approximate surface area is 215 Å². The number of halogens is 1. The lowest BCUT2D eigenvalue weighted by molar-refractivity contribution is -0.123. The quantitative estimate of drug-likeness (QED) is 0.117. The molecular weight excluding hydrogens is 496 g/mol. The zero-order chi connectivity index (χ0) is 24.9. The molecule has 8 heteroatoms. The maximum Gasteiger partial charge on any atom is 0.355 e. The van der Waals surface area contributed by atoms with E-state index in [9.17, 15) is 9.59 Å². The number of amides is 1. The molecule has 0 radical (unpaired) electrons. The van der Waals surface area contributed by atoms with Crippen molar-refractivity contribution in [1.29, 1.82) is 0 Å². The van der Waals surface area contributed by atoms with Crippen LogP contribution < -0.4 is 14.9 Å². The highest BCUT2D eigenvalue weighted by atomic mass is 35.5. The van der Waals surface area contributed by atoms with E-state index in [1.165, 1.54) is 17.6 Å². The molecule has 4 aromatic carbocycles. The Kier molecular flexibility index (Phi) is 6.93. The van der Waals surface area contributed by atoms with Crippen molar-refractivity contribution in [3.05, 3.63) is 106 Å². The van der Waals surface area contributed by atoms with E-state index in [-0.39, 0.29) is 12.5 Å². The summed E-state index contributed by atoms with van der Waals surface area (Å²) in [6, 6.07) is 27.8. The van der Waals surface area contributed by atoms with Crippen LogP contribution >= 0.6 is 22.9 Å². The van der Waals surface area contributed by atoms with Gasteiger partial charge in [0.25, 0.3) is 5.91 Å². The Hall–Kier alpha value is -4.20. The first-order chi connectivity index (χ1) is 17.6. The average molecular weight is 515 g/mol. The normalized spacial score (nSPS) is 11.1. The van der Waals surface area contributed by atoms with Crippen LogP contribution in [0.3, 0.4) is 0 Å². The molecule has 5 aromatic rings. The highest BCUT2D eigenvalue weighted by molar-refractivity contribution is 7.21. The highest BCUT2D eigenvalue weighted by Crippen LogP contribution is 2.35. The number of ether oxygens (including phenoxy) is 2. The van der Waals surface area contributed by atoms with Crippen LogP contribution in [0.1, 0.15) is 15.2 Å². The van der Waals surface area contributed by atoms with Crippen molar-refractivity contribution in [3.63, 3.8) is 0 Å². The van der Waals surface area contributed by atoms with Crippen molar-refractivity contribution in [1.82, 2.24) is 5.43 Å². The number of hydrogen-bond donors (Lipinski definition) is 1. The van der Waals surface area contributed by atoms with Gasteiger partial charge in [0.1, 0.15) is 16.4 Å². The van der Waals surface area contributed by atoms with E-state index in [0.29, 0.717) is 27.0 Å². The van der Waals surface area contributed by atoms with Gasteiger partial charge in [-0.1, -0.05) is 60.1 Å². The molecular formula is C28H19ClN2O4S. The molecule has 1 heterocycles. The number of fused-ring (bicyclic) bond motifs is 2. The lowest BCUT2D eigenvalue weighted by Crippen LogP contribution is -2.24. The summed E-state index contributed by atoms with van der Waals surface area (Å²) in [5, 5.41) is 7.31. The summed E-state index contributed by atoms with van der Waals surface area (Å²) in [5.74, 6) is 0.0832. The van der Waals surface area contributed by atoms with E-state index >= 15 is 0 Å². The predicted molar refractivity (Wildman–Crippen MR) is 143 cm³/mol. The molecule has 1 amide bonds. The van der Waals surface area contributed by atoms with Crippen LogP contribution in [0.25, 0.3) is 20.9 Å². The van der Waals surface area contributed by atoms with Crippen molar-refractivity contribution in [2.45, 2.75) is 0 Å². The van der Waals surface area contributed by atoms with Crippen LogP contribution in [0.2, 0.25) is 5.02 Å². The van der Waals surface area contributed by atoms with Gasteiger partial charge in [0, 0.05) is 10.1 Å². The first kappa shape index (κ1) is 23.5. The van der Waals surface area contributed by atoms with Crippen molar-refractivity contribution < 1.29 is 19.1 Å². The molecule has 1 aromatic heterocycles. The zero-order valence-corrected chi connectivity index (χ0v) is 20.4. The van der Waals surface area contributed by atoms with Gasteiger partial charge in [-0.05, 0) is 58.8 Å². The number of carbonyl (C=O) groups excluding carboxylic acids is 2. The van der Waals surface area contributed by atoms with Crippen molar-refractivity contribution >= 4 is 61.9 Å². The lowest BCUT2D eigenvalue weighted by Gasteiger charge is -2.06. The van der Waals surface area contributed by atoms with Crippen molar-refractivity contribution in [2.24, 2.45) is 5.10 Å². The highest BCUT2D eigenvalue weighted by Gasteiger charge is 2.18. The summed E-state index contributed by atoms with van der Waals surface area (Å²) in [4.78, 5) is 25.0. The molecule has 0 aliphatic carbocycles. The summed E-state index contributed by atoms with van der Waals surface area (Å²) in [6.45, 7) is -0.162. The smallest absolute Gasteiger partial charge is 0.355 e. The third-order valence-electron chi connectivity index (χ3n) is 5.30. The van der Waals surface area contributed by atoms with E-state index in [1.54, 1.807) is 24.3 Å². The van der Waals surface area contributed by atoms with Gasteiger partial charge in [0.15, 0.2) is 6.61 Å². The van der Waals surface area contributed by atoms with Crippen LogP contribution in [0.5, 0.6) is 11.5 Å². The Morgan fingerprint density at radius 3 is 2.42 bits per heavy atom. The Morgan fingerprint density at radius 1 is 0.889 bits per heavy atom. The van der Waals surface area contributed by atoms with Crippen LogP contribution in [-0.2, 0) is 4.79 Å². The minimum absolute atomic E-state index is 0.162. The number of rotatable bonds is 7. The monoisotopic (exact) mass is 514 g/mol. The minimum Gasteiger partial charge on any atom is -0.484 e. The van der Waals surface area contributed by atoms with Crippen LogP contribution in [0, 0.1) is 0 Å². The molecule has 0 saturated carbocycles. The molecule has 0 fully saturated rings. The van der Waals surface area contributed by atoms with E-state index in [1.807, 2.05) is 66.7 Å². The minimum atomic E-state index is -0.513. The number of thiophene rings is 1. The second-order valence-electron chi connectivity index (χ2n) is 7.79. The second-order valence-corrected chi connectivity index (χ2v) is 9.22. The maximum absolute atomic E-state index is 12.6. The fourth-order valence-corrected chi connectivity index (χ4v) is 4.92. The Bertz CT molecular complexity index is 1590. The average Bonchev–Trinajstić information content (AvgIpc) is 3.25. The number of carbonyl (C=O) groups is 2. The molecule has 36 heavy (non-hydrogen) atoms. The number of nitrogens with zero attached hydrogens (tertiary/aromatic N) is 1. The predicted octanol–water partition coefficient (Wildman–Crippen LogP) is 6.46. The fraction of sp³-hybridized carbons (Fsp3) is 0.0357. The molecule has 1 N–H and O–H groups in total. The van der Waals surface area contributed by atoms with Crippen molar-refractivity contribution in [3.8, 4) is 11.5 Å². The van der Waals surface area contributed by atoms with Gasteiger partial charge in [-0.3, -0.25) is 4.79 Å². The maximum atomic E-state index is 12.6. The molecule has 5 rings (SSSR count). The second kappa shape index (κ2) is 10.6. The van der Waals surface area contributed by atoms with E-state index in [4.69, 9.17) is 21.1 Å². The van der Waals surface area contributed by atoms with Gasteiger partial charge in [0.05, 0.1) is 11.2 Å². The molecule has 178 valence electrons. The van der Waals surface area contributed by atoms with Gasteiger partial charge in [0.2, 0.25) is 0 Å². The Morgan fingerprint density at radius 2 is 1.61 bits per heavy atom. The molecule has 0 spiro atoms. The van der Waals surface area contributed by atoms with Gasteiger partial charge < -0.3 is 9.47 Å². The molecule has 0 atom stereocenters. The third kappa shape index (κ3) is 5.38. The number of nitrogens with one attached hydrogen (secondary N) is 1. The summed E-state index contributed by atoms with van der Waals surface area (Å²) >= 11 is 7.65. The van der Waals surface area contributed by atoms with Gasteiger partial charge in [-0.2, -0.15) is 5.10 Å². The molecule has 0 aliphatic rings.